The summed E-state index contributed by atoms with van der Waals surface area (Å²) in [6, 6.07) is 1.82. The molecular formula is C9H14N2O2. The van der Waals surface area contributed by atoms with Gasteiger partial charge in [-0.1, -0.05) is 0 Å². The second-order valence-corrected chi connectivity index (χ2v) is 3.09. The van der Waals surface area contributed by atoms with Crippen LogP contribution in [0.1, 0.15) is 31.2 Å². The van der Waals surface area contributed by atoms with Crippen molar-refractivity contribution >= 4 is 5.97 Å². The highest BCUT2D eigenvalue weighted by atomic mass is 16.4. The van der Waals surface area contributed by atoms with Gasteiger partial charge in [-0.25, -0.2) is 0 Å². The van der Waals surface area contributed by atoms with Gasteiger partial charge in [0, 0.05) is 12.2 Å². The molecule has 0 aliphatic heterocycles. The van der Waals surface area contributed by atoms with Gasteiger partial charge in [0.05, 0.1) is 11.6 Å². The summed E-state index contributed by atoms with van der Waals surface area (Å²) in [6.07, 6.45) is 0. The molecule has 1 heterocycles. The molecule has 13 heavy (non-hydrogen) atoms. The van der Waals surface area contributed by atoms with E-state index in [0.717, 1.165) is 12.2 Å². The van der Waals surface area contributed by atoms with Gasteiger partial charge in [-0.15, -0.1) is 0 Å². The van der Waals surface area contributed by atoms with Crippen LogP contribution in [0.4, 0.5) is 0 Å². The molecule has 0 bridgehead atoms. The van der Waals surface area contributed by atoms with Crippen molar-refractivity contribution in [3.05, 3.63) is 17.5 Å². The molecule has 1 unspecified atom stereocenters. The lowest BCUT2D eigenvalue weighted by Gasteiger charge is -2.00. The van der Waals surface area contributed by atoms with Crippen LogP contribution in [0.25, 0.3) is 0 Å². The molecular weight excluding hydrogens is 168 g/mol. The number of rotatable bonds is 3. The first-order chi connectivity index (χ1) is 6.06. The molecule has 1 N–H and O–H groups in total. The van der Waals surface area contributed by atoms with Gasteiger partial charge in [-0.05, 0) is 26.8 Å². The number of hydrogen-bond acceptors (Lipinski definition) is 2. The summed E-state index contributed by atoms with van der Waals surface area (Å²) < 4.78 is 1.80. The van der Waals surface area contributed by atoms with Gasteiger partial charge >= 0.3 is 5.97 Å². The summed E-state index contributed by atoms with van der Waals surface area (Å²) in [5, 5.41) is 12.9. The van der Waals surface area contributed by atoms with Gasteiger partial charge in [0.1, 0.15) is 0 Å². The molecule has 1 aromatic rings. The van der Waals surface area contributed by atoms with Crippen molar-refractivity contribution < 1.29 is 9.90 Å². The Kier molecular flexibility index (Phi) is 2.70. The minimum absolute atomic E-state index is 0.522. The summed E-state index contributed by atoms with van der Waals surface area (Å²) in [6.45, 7) is 6.33. The fourth-order valence-electron chi connectivity index (χ4n) is 1.19. The van der Waals surface area contributed by atoms with Gasteiger partial charge in [0.25, 0.3) is 0 Å². The quantitative estimate of drug-likeness (QED) is 0.768. The molecule has 0 radical (unpaired) electrons. The fourth-order valence-corrected chi connectivity index (χ4v) is 1.19. The summed E-state index contributed by atoms with van der Waals surface area (Å²) >= 11 is 0. The Morgan fingerprint density at radius 3 is 2.77 bits per heavy atom. The van der Waals surface area contributed by atoms with E-state index >= 15 is 0 Å². The van der Waals surface area contributed by atoms with Gasteiger partial charge in [0.15, 0.2) is 0 Å². The molecule has 0 saturated heterocycles. The minimum atomic E-state index is -0.833. The molecule has 72 valence electrons. The number of nitrogens with zero attached hydrogens (tertiary/aromatic N) is 2. The first-order valence-electron chi connectivity index (χ1n) is 4.33. The maximum absolute atomic E-state index is 10.7. The van der Waals surface area contributed by atoms with E-state index in [1.165, 1.54) is 0 Å². The molecule has 0 saturated carbocycles. The third kappa shape index (κ3) is 1.88. The van der Waals surface area contributed by atoms with Gasteiger partial charge in [-0.3, -0.25) is 9.48 Å². The zero-order valence-corrected chi connectivity index (χ0v) is 8.11. The van der Waals surface area contributed by atoms with Crippen molar-refractivity contribution in [1.82, 2.24) is 9.78 Å². The smallest absolute Gasteiger partial charge is 0.312 e. The van der Waals surface area contributed by atoms with Crippen LogP contribution in [-0.4, -0.2) is 20.9 Å². The van der Waals surface area contributed by atoms with Crippen LogP contribution in [0.15, 0.2) is 6.07 Å². The minimum Gasteiger partial charge on any atom is -0.481 e. The average Bonchev–Trinajstić information content (AvgIpc) is 2.45. The summed E-state index contributed by atoms with van der Waals surface area (Å²) in [5.41, 5.74) is 1.64. The molecule has 1 aromatic heterocycles. The highest BCUT2D eigenvalue weighted by molar-refractivity contribution is 5.74. The summed E-state index contributed by atoms with van der Waals surface area (Å²) in [5.74, 6) is -1.35. The lowest BCUT2D eigenvalue weighted by atomic mass is 10.1. The molecule has 0 amide bonds. The van der Waals surface area contributed by atoms with Crippen molar-refractivity contribution in [1.29, 1.82) is 0 Å². The number of carboxylic acids is 1. The van der Waals surface area contributed by atoms with E-state index in [2.05, 4.69) is 5.10 Å². The molecule has 1 atom stereocenters. The number of aliphatic carboxylic acids is 1. The molecule has 0 spiro atoms. The van der Waals surface area contributed by atoms with E-state index < -0.39 is 11.9 Å². The maximum atomic E-state index is 10.7. The third-order valence-electron chi connectivity index (χ3n) is 2.11. The van der Waals surface area contributed by atoms with Gasteiger partial charge < -0.3 is 5.11 Å². The Hall–Kier alpha value is -1.32. The predicted molar refractivity (Wildman–Crippen MR) is 48.7 cm³/mol. The van der Waals surface area contributed by atoms with Gasteiger partial charge in [0.2, 0.25) is 0 Å². The molecule has 0 aliphatic rings. The molecule has 4 nitrogen and oxygen atoms in total. The van der Waals surface area contributed by atoms with Crippen molar-refractivity contribution in [2.75, 3.05) is 0 Å². The number of hydrogen-bond donors (Lipinski definition) is 1. The monoisotopic (exact) mass is 182 g/mol. The third-order valence-corrected chi connectivity index (χ3v) is 2.11. The maximum Gasteiger partial charge on any atom is 0.312 e. The lowest BCUT2D eigenvalue weighted by Crippen LogP contribution is -2.08. The van der Waals surface area contributed by atoms with Crippen LogP contribution < -0.4 is 0 Å². The van der Waals surface area contributed by atoms with Crippen LogP contribution in [-0.2, 0) is 11.3 Å². The van der Waals surface area contributed by atoms with E-state index in [-0.39, 0.29) is 0 Å². The second kappa shape index (κ2) is 3.60. The standard InChI is InChI=1S/C9H14N2O2/c1-4-11-6(2)5-8(10-11)7(3)9(12)13/h5,7H,4H2,1-3H3,(H,12,13). The molecule has 4 heteroatoms. The van der Waals surface area contributed by atoms with E-state index in [0.29, 0.717) is 5.69 Å². The van der Waals surface area contributed by atoms with E-state index in [9.17, 15) is 4.79 Å². The van der Waals surface area contributed by atoms with Crippen LogP contribution >= 0.6 is 0 Å². The van der Waals surface area contributed by atoms with E-state index in [4.69, 9.17) is 5.11 Å². The van der Waals surface area contributed by atoms with Gasteiger partial charge in [-0.2, -0.15) is 5.10 Å². The Labute approximate surface area is 77.2 Å². The number of aryl methyl sites for hydroxylation is 2. The SMILES string of the molecule is CCn1nc(C(C)C(=O)O)cc1C. The highest BCUT2D eigenvalue weighted by Crippen LogP contribution is 2.14. The van der Waals surface area contributed by atoms with Crippen LogP contribution in [0.3, 0.4) is 0 Å². The van der Waals surface area contributed by atoms with Crippen molar-refractivity contribution in [2.45, 2.75) is 33.2 Å². The molecule has 0 aliphatic carbocycles. The average molecular weight is 182 g/mol. The van der Waals surface area contributed by atoms with E-state index in [1.54, 1.807) is 11.6 Å². The summed E-state index contributed by atoms with van der Waals surface area (Å²) in [7, 11) is 0. The Morgan fingerprint density at radius 1 is 1.77 bits per heavy atom. The normalized spacial score (nSPS) is 12.8. The molecule has 0 aromatic carbocycles. The van der Waals surface area contributed by atoms with Crippen molar-refractivity contribution in [2.24, 2.45) is 0 Å². The molecule has 0 fully saturated rings. The topological polar surface area (TPSA) is 55.1 Å². The second-order valence-electron chi connectivity index (χ2n) is 3.09. The lowest BCUT2D eigenvalue weighted by molar-refractivity contribution is -0.138. The largest absolute Gasteiger partial charge is 0.481 e. The van der Waals surface area contributed by atoms with Crippen LogP contribution in [0.2, 0.25) is 0 Å². The number of aromatic nitrogens is 2. The highest BCUT2D eigenvalue weighted by Gasteiger charge is 2.17. The summed E-state index contributed by atoms with van der Waals surface area (Å²) in [4.78, 5) is 10.7. The zero-order chi connectivity index (χ0) is 10.0. The first kappa shape index (κ1) is 9.77. The Balaban J connectivity index is 2.96. The Morgan fingerprint density at radius 2 is 2.38 bits per heavy atom. The van der Waals surface area contributed by atoms with Crippen LogP contribution in [0.5, 0.6) is 0 Å². The number of carbonyl (C=O) groups is 1. The first-order valence-corrected chi connectivity index (χ1v) is 4.33. The fraction of sp³-hybridized carbons (Fsp3) is 0.556. The van der Waals surface area contributed by atoms with Crippen molar-refractivity contribution in [3.8, 4) is 0 Å². The number of carboxylic acid groups (broad SMARTS) is 1. The van der Waals surface area contributed by atoms with Crippen molar-refractivity contribution in [3.63, 3.8) is 0 Å². The predicted octanol–water partition coefficient (Wildman–Crippen LogP) is 1.40. The van der Waals surface area contributed by atoms with E-state index in [1.807, 2.05) is 19.9 Å². The molecule has 1 rings (SSSR count). The Bertz CT molecular complexity index is 317. The van der Waals surface area contributed by atoms with Crippen LogP contribution in [0, 0.1) is 6.92 Å². The zero-order valence-electron chi connectivity index (χ0n) is 8.11.